The van der Waals surface area contributed by atoms with E-state index in [9.17, 15) is 12.8 Å². The van der Waals surface area contributed by atoms with Crippen LogP contribution in [0.15, 0.2) is 59.8 Å². The maximum atomic E-state index is 13.7. The van der Waals surface area contributed by atoms with Crippen LogP contribution >= 0.6 is 0 Å². The van der Waals surface area contributed by atoms with Crippen LogP contribution in [0.3, 0.4) is 0 Å². The van der Waals surface area contributed by atoms with Crippen molar-refractivity contribution in [2.75, 3.05) is 44.8 Å². The summed E-state index contributed by atoms with van der Waals surface area (Å²) in [5, 5.41) is 0. The molecule has 0 aliphatic carbocycles. The molecule has 0 atom stereocenters. The van der Waals surface area contributed by atoms with Gasteiger partial charge < -0.3 is 14.4 Å². The van der Waals surface area contributed by atoms with Crippen molar-refractivity contribution in [3.8, 4) is 22.8 Å². The molecule has 0 amide bonds. The Morgan fingerprint density at radius 1 is 1.00 bits per heavy atom. The highest BCUT2D eigenvalue weighted by Gasteiger charge is 2.31. The van der Waals surface area contributed by atoms with E-state index < -0.39 is 15.8 Å². The van der Waals surface area contributed by atoms with E-state index in [0.29, 0.717) is 25.5 Å². The SMILES string of the molecule is CCOc1ccc(-c2cc(N3CCN(S(=O)(=O)c4cc(F)ccc4OC)CC3)ncn2)cc1. The Balaban J connectivity index is 1.48. The molecule has 0 radical (unpaired) electrons. The van der Waals surface area contributed by atoms with Gasteiger partial charge in [0.1, 0.15) is 34.4 Å². The largest absolute Gasteiger partial charge is 0.495 e. The minimum absolute atomic E-state index is 0.120. The molecule has 8 nitrogen and oxygen atoms in total. The Kier molecular flexibility index (Phi) is 6.75. The molecule has 1 aliphatic rings. The average Bonchev–Trinajstić information content (AvgIpc) is 2.85. The molecule has 174 valence electrons. The van der Waals surface area contributed by atoms with Crippen LogP contribution in [0.2, 0.25) is 0 Å². The number of anilines is 1. The maximum absolute atomic E-state index is 13.7. The van der Waals surface area contributed by atoms with Crippen LogP contribution in [0.5, 0.6) is 11.5 Å². The van der Waals surface area contributed by atoms with Crippen molar-refractivity contribution in [2.24, 2.45) is 0 Å². The van der Waals surface area contributed by atoms with Gasteiger partial charge in [-0.2, -0.15) is 4.31 Å². The summed E-state index contributed by atoms with van der Waals surface area (Å²) in [4.78, 5) is 10.6. The van der Waals surface area contributed by atoms with Gasteiger partial charge in [-0.15, -0.1) is 0 Å². The first-order valence-corrected chi connectivity index (χ1v) is 12.0. The summed E-state index contributed by atoms with van der Waals surface area (Å²) in [6.07, 6.45) is 1.50. The van der Waals surface area contributed by atoms with E-state index >= 15 is 0 Å². The fourth-order valence-electron chi connectivity index (χ4n) is 3.72. The first-order valence-electron chi connectivity index (χ1n) is 10.6. The van der Waals surface area contributed by atoms with Crippen LogP contribution in [-0.4, -0.2) is 62.6 Å². The van der Waals surface area contributed by atoms with Crippen LogP contribution in [0.1, 0.15) is 6.92 Å². The Morgan fingerprint density at radius 3 is 2.39 bits per heavy atom. The number of benzene rings is 2. The number of nitrogens with zero attached hydrogens (tertiary/aromatic N) is 4. The molecule has 1 aromatic heterocycles. The van der Waals surface area contributed by atoms with E-state index in [0.717, 1.165) is 23.1 Å². The highest BCUT2D eigenvalue weighted by Crippen LogP contribution is 2.29. The lowest BCUT2D eigenvalue weighted by molar-refractivity contribution is 0.340. The minimum Gasteiger partial charge on any atom is -0.495 e. The van der Waals surface area contributed by atoms with Crippen LogP contribution in [0.25, 0.3) is 11.3 Å². The molecule has 4 rings (SSSR count). The molecule has 2 heterocycles. The van der Waals surface area contributed by atoms with E-state index in [-0.39, 0.29) is 23.7 Å². The molecule has 33 heavy (non-hydrogen) atoms. The molecule has 3 aromatic rings. The van der Waals surface area contributed by atoms with Crippen LogP contribution < -0.4 is 14.4 Å². The minimum atomic E-state index is -3.90. The summed E-state index contributed by atoms with van der Waals surface area (Å²) < 4.78 is 51.9. The molecule has 0 spiro atoms. The molecule has 0 saturated carbocycles. The molecule has 0 bridgehead atoms. The molecule has 1 fully saturated rings. The Hall–Kier alpha value is -3.24. The zero-order valence-corrected chi connectivity index (χ0v) is 19.3. The van der Waals surface area contributed by atoms with E-state index in [1.165, 1.54) is 29.9 Å². The zero-order valence-electron chi connectivity index (χ0n) is 18.4. The number of aromatic nitrogens is 2. The first kappa shape index (κ1) is 22.9. The predicted molar refractivity (Wildman–Crippen MR) is 123 cm³/mol. The van der Waals surface area contributed by atoms with Gasteiger partial charge in [-0.1, -0.05) is 0 Å². The fraction of sp³-hybridized carbons (Fsp3) is 0.304. The first-order chi connectivity index (χ1) is 15.9. The molecular weight excluding hydrogens is 447 g/mol. The van der Waals surface area contributed by atoms with Crippen LogP contribution in [0.4, 0.5) is 10.2 Å². The van der Waals surface area contributed by atoms with Gasteiger partial charge in [0.25, 0.3) is 0 Å². The van der Waals surface area contributed by atoms with Gasteiger partial charge in [0, 0.05) is 37.8 Å². The number of ether oxygens (including phenoxy) is 2. The maximum Gasteiger partial charge on any atom is 0.246 e. The second kappa shape index (κ2) is 9.72. The normalized spacial score (nSPS) is 14.8. The number of sulfonamides is 1. The highest BCUT2D eigenvalue weighted by atomic mass is 32.2. The van der Waals surface area contributed by atoms with E-state index in [4.69, 9.17) is 9.47 Å². The van der Waals surface area contributed by atoms with Gasteiger partial charge in [-0.25, -0.2) is 22.8 Å². The van der Waals surface area contributed by atoms with E-state index in [2.05, 4.69) is 9.97 Å². The summed E-state index contributed by atoms with van der Waals surface area (Å²) in [6, 6.07) is 13.0. The van der Waals surface area contributed by atoms with Crippen molar-refractivity contribution in [1.29, 1.82) is 0 Å². The average molecular weight is 473 g/mol. The standard InChI is InChI=1S/C23H25FN4O4S/c1-3-32-19-7-4-17(5-8-19)20-15-23(26-16-25-20)27-10-12-28(13-11-27)33(29,30)22-14-18(24)6-9-21(22)31-2/h4-9,14-16H,3,10-13H2,1-2H3. The Labute approximate surface area is 192 Å². The second-order valence-corrected chi connectivity index (χ2v) is 9.31. The summed E-state index contributed by atoms with van der Waals surface area (Å²) >= 11 is 0. The van der Waals surface area contributed by atoms with Crippen molar-refractivity contribution < 1.29 is 22.3 Å². The third kappa shape index (κ3) is 4.91. The zero-order chi connectivity index (χ0) is 23.4. The topological polar surface area (TPSA) is 84.9 Å². The third-order valence-corrected chi connectivity index (χ3v) is 7.34. The van der Waals surface area contributed by atoms with Gasteiger partial charge in [-0.05, 0) is 49.4 Å². The van der Waals surface area contributed by atoms with Gasteiger partial charge in [0.15, 0.2) is 0 Å². The van der Waals surface area contributed by atoms with Crippen molar-refractivity contribution in [3.05, 3.63) is 60.7 Å². The molecule has 0 N–H and O–H groups in total. The van der Waals surface area contributed by atoms with Crippen LogP contribution in [-0.2, 0) is 10.0 Å². The lowest BCUT2D eigenvalue weighted by atomic mass is 10.1. The molecule has 1 saturated heterocycles. The number of rotatable bonds is 7. The predicted octanol–water partition coefficient (Wildman–Crippen LogP) is 3.20. The Bertz CT molecular complexity index is 1210. The van der Waals surface area contributed by atoms with Gasteiger partial charge >= 0.3 is 0 Å². The smallest absolute Gasteiger partial charge is 0.246 e. The van der Waals surface area contributed by atoms with Crippen molar-refractivity contribution in [1.82, 2.24) is 14.3 Å². The lowest BCUT2D eigenvalue weighted by Crippen LogP contribution is -2.49. The monoisotopic (exact) mass is 472 g/mol. The highest BCUT2D eigenvalue weighted by molar-refractivity contribution is 7.89. The summed E-state index contributed by atoms with van der Waals surface area (Å²) in [5.41, 5.74) is 1.70. The number of methoxy groups -OCH3 is 1. The number of hydrogen-bond acceptors (Lipinski definition) is 7. The molecule has 2 aromatic carbocycles. The summed E-state index contributed by atoms with van der Waals surface area (Å²) in [7, 11) is -2.53. The second-order valence-electron chi connectivity index (χ2n) is 7.41. The fourth-order valence-corrected chi connectivity index (χ4v) is 5.30. The van der Waals surface area contributed by atoms with Gasteiger partial charge in [0.05, 0.1) is 19.4 Å². The van der Waals surface area contributed by atoms with E-state index in [1.807, 2.05) is 42.2 Å². The molecule has 1 aliphatic heterocycles. The third-order valence-electron chi connectivity index (χ3n) is 5.42. The van der Waals surface area contributed by atoms with Gasteiger partial charge in [0.2, 0.25) is 10.0 Å². The quantitative estimate of drug-likeness (QED) is 0.522. The number of piperazine rings is 1. The Morgan fingerprint density at radius 2 is 1.73 bits per heavy atom. The summed E-state index contributed by atoms with van der Waals surface area (Å²) in [6.45, 7) is 3.90. The van der Waals surface area contributed by atoms with Gasteiger partial charge in [-0.3, -0.25) is 0 Å². The number of halogens is 1. The molecule has 0 unspecified atom stereocenters. The molecular formula is C23H25FN4O4S. The summed E-state index contributed by atoms with van der Waals surface area (Å²) in [5.74, 6) is 1.00. The van der Waals surface area contributed by atoms with Crippen LogP contribution in [0, 0.1) is 5.82 Å². The van der Waals surface area contributed by atoms with Crippen molar-refractivity contribution in [3.63, 3.8) is 0 Å². The van der Waals surface area contributed by atoms with Crippen molar-refractivity contribution in [2.45, 2.75) is 11.8 Å². The molecule has 10 heteroatoms. The van der Waals surface area contributed by atoms with Crippen molar-refractivity contribution >= 4 is 15.8 Å². The van der Waals surface area contributed by atoms with E-state index in [1.54, 1.807) is 0 Å². The lowest BCUT2D eigenvalue weighted by Gasteiger charge is -2.34. The number of hydrogen-bond donors (Lipinski definition) is 0.